The highest BCUT2D eigenvalue weighted by atomic mass is 16.5. The van der Waals surface area contributed by atoms with Crippen LogP contribution >= 0.6 is 0 Å². The summed E-state index contributed by atoms with van der Waals surface area (Å²) in [6.45, 7) is 1.87. The molecule has 1 N–H and O–H groups in total. The van der Waals surface area contributed by atoms with Gasteiger partial charge in [0.05, 0.1) is 0 Å². The maximum Gasteiger partial charge on any atom is 0.242 e. The highest BCUT2D eigenvalue weighted by Crippen LogP contribution is 2.48. The Hall–Kier alpha value is -1.88. The average molecular weight is 316 g/mol. The molecule has 2 amide bonds. The van der Waals surface area contributed by atoms with Crippen molar-refractivity contribution in [2.75, 3.05) is 31.7 Å². The smallest absolute Gasteiger partial charge is 0.242 e. The summed E-state index contributed by atoms with van der Waals surface area (Å²) in [7, 11) is 1.64. The van der Waals surface area contributed by atoms with Crippen LogP contribution in [0.4, 0.5) is 5.69 Å². The topological polar surface area (TPSA) is 58.6 Å². The number of benzene rings is 1. The van der Waals surface area contributed by atoms with Crippen molar-refractivity contribution in [2.45, 2.75) is 32.1 Å². The van der Waals surface area contributed by atoms with E-state index in [1.807, 2.05) is 23.1 Å². The van der Waals surface area contributed by atoms with Gasteiger partial charge in [-0.2, -0.15) is 0 Å². The standard InChI is InChI=1S/C18H24N2O3/c1-23-13-5-11-19-16(21)18(9-10-18)17(22)20-12-4-7-14-6-2-3-8-15(14)20/h2-3,6,8H,4-5,7,9-13H2,1H3,(H,19,21). The normalized spacial score (nSPS) is 18.2. The Morgan fingerprint density at radius 2 is 2.09 bits per heavy atom. The van der Waals surface area contributed by atoms with Crippen LogP contribution in [0, 0.1) is 5.41 Å². The largest absolute Gasteiger partial charge is 0.385 e. The maximum absolute atomic E-state index is 13.0. The first-order chi connectivity index (χ1) is 11.2. The molecule has 23 heavy (non-hydrogen) atoms. The second-order valence-corrected chi connectivity index (χ2v) is 6.37. The average Bonchev–Trinajstić information content (AvgIpc) is 3.39. The van der Waals surface area contributed by atoms with Gasteiger partial charge in [0.25, 0.3) is 0 Å². The minimum atomic E-state index is -0.836. The number of aryl methyl sites for hydroxylation is 1. The van der Waals surface area contributed by atoms with Crippen LogP contribution in [0.5, 0.6) is 0 Å². The van der Waals surface area contributed by atoms with Gasteiger partial charge in [-0.15, -0.1) is 0 Å². The number of carbonyl (C=O) groups is 2. The Morgan fingerprint density at radius 3 is 2.83 bits per heavy atom. The van der Waals surface area contributed by atoms with Crippen LogP contribution < -0.4 is 10.2 Å². The second-order valence-electron chi connectivity index (χ2n) is 6.37. The molecule has 0 atom stereocenters. The number of amides is 2. The van der Waals surface area contributed by atoms with E-state index in [2.05, 4.69) is 11.4 Å². The maximum atomic E-state index is 13.0. The van der Waals surface area contributed by atoms with Gasteiger partial charge in [0.1, 0.15) is 5.41 Å². The zero-order valence-electron chi connectivity index (χ0n) is 13.6. The molecule has 1 fully saturated rings. The first kappa shape index (κ1) is 16.0. The van der Waals surface area contributed by atoms with Crippen LogP contribution in [0.1, 0.15) is 31.2 Å². The van der Waals surface area contributed by atoms with Crippen molar-refractivity contribution in [3.63, 3.8) is 0 Å². The molecule has 3 rings (SSSR count). The summed E-state index contributed by atoms with van der Waals surface area (Å²) < 4.78 is 4.98. The number of anilines is 1. The van der Waals surface area contributed by atoms with Crippen molar-refractivity contribution in [1.82, 2.24) is 5.32 Å². The molecule has 1 aliphatic heterocycles. The fraction of sp³-hybridized carbons (Fsp3) is 0.556. The van der Waals surface area contributed by atoms with Crippen LogP contribution in [-0.4, -0.2) is 38.6 Å². The number of nitrogens with zero attached hydrogens (tertiary/aromatic N) is 1. The van der Waals surface area contributed by atoms with Gasteiger partial charge >= 0.3 is 0 Å². The van der Waals surface area contributed by atoms with Gasteiger partial charge in [-0.1, -0.05) is 18.2 Å². The van der Waals surface area contributed by atoms with Gasteiger partial charge in [-0.25, -0.2) is 0 Å². The number of ether oxygens (including phenoxy) is 1. The highest BCUT2D eigenvalue weighted by molar-refractivity contribution is 6.14. The third kappa shape index (κ3) is 3.11. The molecule has 2 aliphatic rings. The van der Waals surface area contributed by atoms with E-state index >= 15 is 0 Å². The first-order valence-electron chi connectivity index (χ1n) is 8.36. The summed E-state index contributed by atoms with van der Waals surface area (Å²) in [6, 6.07) is 8.01. The molecular formula is C18H24N2O3. The van der Waals surface area contributed by atoms with Crippen molar-refractivity contribution in [1.29, 1.82) is 0 Å². The monoisotopic (exact) mass is 316 g/mol. The molecule has 1 aromatic carbocycles. The summed E-state index contributed by atoms with van der Waals surface area (Å²) in [5.74, 6) is -0.157. The van der Waals surface area contributed by atoms with Crippen LogP contribution in [0.25, 0.3) is 0 Å². The van der Waals surface area contributed by atoms with E-state index in [0.29, 0.717) is 32.5 Å². The molecule has 0 spiro atoms. The molecule has 0 bridgehead atoms. The lowest BCUT2D eigenvalue weighted by Crippen LogP contribution is -2.47. The van der Waals surface area contributed by atoms with Gasteiger partial charge in [0.2, 0.25) is 11.8 Å². The van der Waals surface area contributed by atoms with Crippen molar-refractivity contribution >= 4 is 17.5 Å². The Labute approximate surface area is 137 Å². The molecule has 1 heterocycles. The van der Waals surface area contributed by atoms with Crippen LogP contribution in [0.2, 0.25) is 0 Å². The van der Waals surface area contributed by atoms with E-state index < -0.39 is 5.41 Å². The minimum Gasteiger partial charge on any atom is -0.385 e. The van der Waals surface area contributed by atoms with Crippen LogP contribution in [-0.2, 0) is 20.7 Å². The molecule has 0 aromatic heterocycles. The number of para-hydroxylation sites is 1. The molecule has 0 saturated heterocycles. The number of methoxy groups -OCH3 is 1. The van der Waals surface area contributed by atoms with Gasteiger partial charge in [-0.05, 0) is 43.7 Å². The number of hydrogen-bond donors (Lipinski definition) is 1. The number of hydrogen-bond acceptors (Lipinski definition) is 3. The molecule has 1 aliphatic carbocycles. The molecule has 5 heteroatoms. The lowest BCUT2D eigenvalue weighted by molar-refractivity contribution is -0.135. The fourth-order valence-corrected chi connectivity index (χ4v) is 3.25. The molecule has 1 saturated carbocycles. The van der Waals surface area contributed by atoms with Crippen molar-refractivity contribution < 1.29 is 14.3 Å². The predicted octanol–water partition coefficient (Wildman–Crippen LogP) is 1.90. The Bertz CT molecular complexity index is 596. The number of nitrogens with one attached hydrogen (secondary N) is 1. The molecular weight excluding hydrogens is 292 g/mol. The van der Waals surface area contributed by atoms with E-state index in [4.69, 9.17) is 4.74 Å². The van der Waals surface area contributed by atoms with Crippen LogP contribution in [0.3, 0.4) is 0 Å². The minimum absolute atomic E-state index is 0.0334. The Kier molecular flexibility index (Phi) is 4.66. The summed E-state index contributed by atoms with van der Waals surface area (Å²) in [4.78, 5) is 27.3. The van der Waals surface area contributed by atoms with E-state index in [1.165, 1.54) is 5.56 Å². The number of fused-ring (bicyclic) bond motifs is 1. The van der Waals surface area contributed by atoms with Gasteiger partial charge in [0, 0.05) is 32.5 Å². The van der Waals surface area contributed by atoms with Crippen LogP contribution in [0.15, 0.2) is 24.3 Å². The third-order valence-corrected chi connectivity index (χ3v) is 4.76. The number of rotatable bonds is 6. The predicted molar refractivity (Wildman–Crippen MR) is 88.3 cm³/mol. The summed E-state index contributed by atoms with van der Waals surface area (Å²) in [6.07, 6.45) is 4.02. The first-order valence-corrected chi connectivity index (χ1v) is 8.36. The SMILES string of the molecule is COCCCNC(=O)C1(C(=O)N2CCCc3ccccc32)CC1. The Morgan fingerprint density at radius 1 is 1.30 bits per heavy atom. The second kappa shape index (κ2) is 6.71. The van der Waals surface area contributed by atoms with Crippen molar-refractivity contribution in [3.05, 3.63) is 29.8 Å². The summed E-state index contributed by atoms with van der Waals surface area (Å²) in [5.41, 5.74) is 1.34. The summed E-state index contributed by atoms with van der Waals surface area (Å²) >= 11 is 0. The Balaban J connectivity index is 1.69. The molecule has 5 nitrogen and oxygen atoms in total. The summed E-state index contributed by atoms with van der Waals surface area (Å²) in [5, 5.41) is 2.90. The molecule has 124 valence electrons. The zero-order chi connectivity index (χ0) is 16.3. The van der Waals surface area contributed by atoms with E-state index in [0.717, 1.165) is 24.9 Å². The third-order valence-electron chi connectivity index (χ3n) is 4.76. The lowest BCUT2D eigenvalue weighted by atomic mass is 9.97. The van der Waals surface area contributed by atoms with Gasteiger partial charge in [0.15, 0.2) is 0 Å². The molecule has 0 unspecified atom stereocenters. The highest BCUT2D eigenvalue weighted by Gasteiger charge is 2.58. The van der Waals surface area contributed by atoms with Crippen molar-refractivity contribution in [3.8, 4) is 0 Å². The number of carbonyl (C=O) groups excluding carboxylic acids is 2. The molecule has 1 aromatic rings. The van der Waals surface area contributed by atoms with Crippen molar-refractivity contribution in [2.24, 2.45) is 5.41 Å². The van der Waals surface area contributed by atoms with E-state index in [-0.39, 0.29) is 11.8 Å². The molecule has 0 radical (unpaired) electrons. The van der Waals surface area contributed by atoms with Gasteiger partial charge in [-0.3, -0.25) is 9.59 Å². The quantitative estimate of drug-likeness (QED) is 0.644. The zero-order valence-corrected chi connectivity index (χ0v) is 13.6. The van der Waals surface area contributed by atoms with E-state index in [9.17, 15) is 9.59 Å². The fourth-order valence-electron chi connectivity index (χ4n) is 3.25. The van der Waals surface area contributed by atoms with Gasteiger partial charge < -0.3 is 15.0 Å². The van der Waals surface area contributed by atoms with E-state index in [1.54, 1.807) is 7.11 Å². The lowest BCUT2D eigenvalue weighted by Gasteiger charge is -2.32.